The highest BCUT2D eigenvalue weighted by atomic mass is 16.7. The van der Waals surface area contributed by atoms with Crippen molar-refractivity contribution in [3.63, 3.8) is 0 Å². The molecule has 0 spiro atoms. The zero-order valence-electron chi connectivity index (χ0n) is 14.3. The molecule has 0 N–H and O–H groups in total. The summed E-state index contributed by atoms with van der Waals surface area (Å²) in [6.45, 7) is 15.1. The van der Waals surface area contributed by atoms with Crippen LogP contribution in [0, 0.1) is 0 Å². The van der Waals surface area contributed by atoms with Gasteiger partial charge in [-0.15, -0.1) is 0 Å². The summed E-state index contributed by atoms with van der Waals surface area (Å²) < 4.78 is 18.0. The molecule has 1 saturated heterocycles. The lowest BCUT2D eigenvalue weighted by molar-refractivity contribution is -0.0149. The quantitative estimate of drug-likeness (QED) is 0.799. The first-order valence-corrected chi connectivity index (χ1v) is 7.59. The molecule has 4 heteroatoms. The van der Waals surface area contributed by atoms with Crippen molar-refractivity contribution in [3.05, 3.63) is 29.8 Å². The molecular formula is C17H27BO3. The Bertz CT molecular complexity index is 487. The summed E-state index contributed by atoms with van der Waals surface area (Å²) in [5.74, 6) is 0. The second-order valence-electron chi connectivity index (χ2n) is 7.73. The average molecular weight is 290 g/mol. The fourth-order valence-corrected chi connectivity index (χ4v) is 2.11. The minimum Gasteiger partial charge on any atom is -0.399 e. The summed E-state index contributed by atoms with van der Waals surface area (Å²) in [6, 6.07) is 8.25. The fraction of sp³-hybridized carbons (Fsp3) is 0.647. The SMILES string of the molecule is CC(C)(C)OCc1cccc(B2OC(C)(C)C(C)(C)O2)c1. The van der Waals surface area contributed by atoms with Gasteiger partial charge in [-0.25, -0.2) is 0 Å². The van der Waals surface area contributed by atoms with Crippen LogP contribution in [0.15, 0.2) is 24.3 Å². The topological polar surface area (TPSA) is 27.7 Å². The lowest BCUT2D eigenvalue weighted by Gasteiger charge is -2.32. The van der Waals surface area contributed by atoms with Crippen molar-refractivity contribution in [3.8, 4) is 0 Å². The molecule has 0 amide bonds. The monoisotopic (exact) mass is 290 g/mol. The first-order chi connectivity index (χ1) is 9.50. The molecule has 2 rings (SSSR count). The third kappa shape index (κ3) is 3.88. The minimum atomic E-state index is -0.315. The van der Waals surface area contributed by atoms with Crippen molar-refractivity contribution in [2.24, 2.45) is 0 Å². The van der Waals surface area contributed by atoms with Gasteiger partial charge in [-0.3, -0.25) is 0 Å². The maximum Gasteiger partial charge on any atom is 0.494 e. The summed E-state index contributed by atoms with van der Waals surface area (Å²) in [6.07, 6.45) is 0. The van der Waals surface area contributed by atoms with Crippen LogP contribution in [0.5, 0.6) is 0 Å². The van der Waals surface area contributed by atoms with Gasteiger partial charge < -0.3 is 14.0 Å². The average Bonchev–Trinajstić information content (AvgIpc) is 2.56. The van der Waals surface area contributed by atoms with E-state index in [0.717, 1.165) is 11.0 Å². The molecule has 0 atom stereocenters. The van der Waals surface area contributed by atoms with Crippen molar-refractivity contribution in [1.82, 2.24) is 0 Å². The van der Waals surface area contributed by atoms with Gasteiger partial charge in [0.2, 0.25) is 0 Å². The van der Waals surface area contributed by atoms with E-state index in [2.05, 4.69) is 60.6 Å². The van der Waals surface area contributed by atoms with Gasteiger partial charge in [0.1, 0.15) is 0 Å². The van der Waals surface area contributed by atoms with E-state index in [9.17, 15) is 0 Å². The number of benzene rings is 1. The van der Waals surface area contributed by atoms with Crippen LogP contribution in [0.2, 0.25) is 0 Å². The maximum absolute atomic E-state index is 6.09. The van der Waals surface area contributed by atoms with Gasteiger partial charge in [-0.05, 0) is 59.5 Å². The molecule has 0 unspecified atom stereocenters. The fourth-order valence-electron chi connectivity index (χ4n) is 2.11. The number of hydrogen-bond donors (Lipinski definition) is 0. The largest absolute Gasteiger partial charge is 0.494 e. The van der Waals surface area contributed by atoms with Crippen molar-refractivity contribution in [2.75, 3.05) is 0 Å². The van der Waals surface area contributed by atoms with Gasteiger partial charge >= 0.3 is 7.12 Å². The van der Waals surface area contributed by atoms with E-state index in [1.165, 1.54) is 0 Å². The Balaban J connectivity index is 2.12. The summed E-state index contributed by atoms with van der Waals surface area (Å²) in [4.78, 5) is 0. The predicted molar refractivity (Wildman–Crippen MR) is 86.7 cm³/mol. The molecule has 1 aliphatic rings. The van der Waals surface area contributed by atoms with E-state index in [1.807, 2.05) is 12.1 Å². The first-order valence-electron chi connectivity index (χ1n) is 7.59. The van der Waals surface area contributed by atoms with Crippen molar-refractivity contribution < 1.29 is 14.0 Å². The molecule has 1 aromatic carbocycles. The molecule has 0 saturated carbocycles. The Morgan fingerprint density at radius 1 is 1.05 bits per heavy atom. The standard InChI is InChI=1S/C17H27BO3/c1-15(2,3)19-12-13-9-8-10-14(11-13)18-20-16(4,5)17(6,7)21-18/h8-11H,12H2,1-7H3. The molecule has 116 valence electrons. The van der Waals surface area contributed by atoms with Crippen molar-refractivity contribution in [1.29, 1.82) is 0 Å². The van der Waals surface area contributed by atoms with E-state index in [0.29, 0.717) is 6.61 Å². The lowest BCUT2D eigenvalue weighted by atomic mass is 9.78. The number of rotatable bonds is 3. The smallest absolute Gasteiger partial charge is 0.399 e. The van der Waals surface area contributed by atoms with Crippen molar-refractivity contribution >= 4 is 12.6 Å². The number of hydrogen-bond acceptors (Lipinski definition) is 3. The molecule has 0 aliphatic carbocycles. The van der Waals surface area contributed by atoms with Crippen LogP contribution in [0.1, 0.15) is 54.0 Å². The van der Waals surface area contributed by atoms with Crippen LogP contribution in [0.4, 0.5) is 0 Å². The van der Waals surface area contributed by atoms with E-state index in [-0.39, 0.29) is 23.9 Å². The van der Waals surface area contributed by atoms with Crippen LogP contribution in [-0.4, -0.2) is 23.9 Å². The second kappa shape index (κ2) is 5.42. The van der Waals surface area contributed by atoms with Gasteiger partial charge in [0.25, 0.3) is 0 Å². The lowest BCUT2D eigenvalue weighted by Crippen LogP contribution is -2.41. The van der Waals surface area contributed by atoms with Crippen LogP contribution < -0.4 is 5.46 Å². The van der Waals surface area contributed by atoms with Gasteiger partial charge in [-0.1, -0.05) is 24.3 Å². The third-order valence-electron chi connectivity index (χ3n) is 4.15. The maximum atomic E-state index is 6.09. The Morgan fingerprint density at radius 2 is 1.62 bits per heavy atom. The Kier molecular flexibility index (Phi) is 4.27. The Morgan fingerprint density at radius 3 is 2.14 bits per heavy atom. The van der Waals surface area contributed by atoms with Gasteiger partial charge in [-0.2, -0.15) is 0 Å². The molecule has 1 fully saturated rings. The predicted octanol–water partition coefficient (Wildman–Crippen LogP) is 3.30. The van der Waals surface area contributed by atoms with Gasteiger partial charge in [0.05, 0.1) is 23.4 Å². The van der Waals surface area contributed by atoms with Gasteiger partial charge in [0, 0.05) is 0 Å². The molecule has 0 bridgehead atoms. The molecule has 1 aromatic rings. The molecule has 1 aliphatic heterocycles. The van der Waals surface area contributed by atoms with E-state index >= 15 is 0 Å². The zero-order chi connectivity index (χ0) is 15.9. The van der Waals surface area contributed by atoms with Crippen LogP contribution in [0.25, 0.3) is 0 Å². The first kappa shape index (κ1) is 16.5. The molecule has 3 nitrogen and oxygen atoms in total. The highest BCUT2D eigenvalue weighted by Gasteiger charge is 2.51. The van der Waals surface area contributed by atoms with Gasteiger partial charge in [0.15, 0.2) is 0 Å². The molecular weight excluding hydrogens is 263 g/mol. The van der Waals surface area contributed by atoms with E-state index in [4.69, 9.17) is 14.0 Å². The number of ether oxygens (including phenoxy) is 1. The van der Waals surface area contributed by atoms with Crippen molar-refractivity contribution in [2.45, 2.75) is 71.9 Å². The molecule has 1 heterocycles. The Labute approximate surface area is 129 Å². The minimum absolute atomic E-state index is 0.139. The summed E-state index contributed by atoms with van der Waals surface area (Å²) >= 11 is 0. The summed E-state index contributed by atoms with van der Waals surface area (Å²) in [5.41, 5.74) is 1.42. The highest BCUT2D eigenvalue weighted by Crippen LogP contribution is 2.36. The van der Waals surface area contributed by atoms with E-state index < -0.39 is 0 Å². The van der Waals surface area contributed by atoms with Crippen LogP contribution in [-0.2, 0) is 20.7 Å². The molecule has 21 heavy (non-hydrogen) atoms. The highest BCUT2D eigenvalue weighted by molar-refractivity contribution is 6.62. The van der Waals surface area contributed by atoms with Crippen LogP contribution >= 0.6 is 0 Å². The second-order valence-corrected chi connectivity index (χ2v) is 7.73. The molecule has 0 aromatic heterocycles. The normalized spacial score (nSPS) is 20.8. The zero-order valence-corrected chi connectivity index (χ0v) is 14.3. The molecule has 0 radical (unpaired) electrons. The third-order valence-corrected chi connectivity index (χ3v) is 4.15. The van der Waals surface area contributed by atoms with E-state index in [1.54, 1.807) is 0 Å². The van der Waals surface area contributed by atoms with Crippen LogP contribution in [0.3, 0.4) is 0 Å². The summed E-state index contributed by atoms with van der Waals surface area (Å²) in [7, 11) is -0.315. The summed E-state index contributed by atoms with van der Waals surface area (Å²) in [5, 5.41) is 0. The Hall–Kier alpha value is -0.835.